The summed E-state index contributed by atoms with van der Waals surface area (Å²) < 4.78 is 29.3. The number of aryl methyl sites for hydroxylation is 1. The molecule has 1 aromatic heterocycles. The summed E-state index contributed by atoms with van der Waals surface area (Å²) in [6.07, 6.45) is 0.434. The topological polar surface area (TPSA) is 69.0 Å². The third kappa shape index (κ3) is 4.37. The number of para-hydroxylation sites is 1. The van der Waals surface area contributed by atoms with Crippen LogP contribution in [0.1, 0.15) is 12.2 Å². The number of rotatable bonds is 5. The van der Waals surface area contributed by atoms with Gasteiger partial charge in [-0.05, 0) is 19.1 Å². The fraction of sp³-hybridized carbons (Fsp3) is 0.333. The Hall–Kier alpha value is -2.83. The van der Waals surface area contributed by atoms with Crippen LogP contribution in [0.15, 0.2) is 45.6 Å². The van der Waals surface area contributed by atoms with E-state index in [1.807, 2.05) is 0 Å². The van der Waals surface area contributed by atoms with E-state index in [4.69, 9.17) is 13.9 Å². The Morgan fingerprint density at radius 1 is 1.36 bits per heavy atom. The number of hydrogen-bond donors (Lipinski definition) is 0. The van der Waals surface area contributed by atoms with Crippen molar-refractivity contribution in [1.29, 1.82) is 0 Å². The predicted molar refractivity (Wildman–Crippen MR) is 87.2 cm³/mol. The highest BCUT2D eigenvalue weighted by atomic mass is 19.1. The highest BCUT2D eigenvalue weighted by Crippen LogP contribution is 2.19. The fourth-order valence-electron chi connectivity index (χ4n) is 2.68. The first-order chi connectivity index (χ1) is 12.0. The molecule has 25 heavy (non-hydrogen) atoms. The second kappa shape index (κ2) is 7.38. The lowest BCUT2D eigenvalue weighted by Gasteiger charge is -2.17. The van der Waals surface area contributed by atoms with E-state index in [1.165, 1.54) is 18.2 Å². The van der Waals surface area contributed by atoms with E-state index in [0.717, 1.165) is 0 Å². The van der Waals surface area contributed by atoms with E-state index in [-0.39, 0.29) is 24.4 Å². The highest BCUT2D eigenvalue weighted by Gasteiger charge is 2.28. The molecule has 0 radical (unpaired) electrons. The maximum atomic E-state index is 13.5. The van der Waals surface area contributed by atoms with Crippen LogP contribution >= 0.6 is 0 Å². The monoisotopic (exact) mass is 347 g/mol. The van der Waals surface area contributed by atoms with Crippen LogP contribution in [0.25, 0.3) is 0 Å². The van der Waals surface area contributed by atoms with E-state index in [1.54, 1.807) is 30.0 Å². The third-order valence-corrected chi connectivity index (χ3v) is 3.86. The molecule has 1 aromatic carbocycles. The van der Waals surface area contributed by atoms with Gasteiger partial charge in [-0.1, -0.05) is 12.1 Å². The molecule has 1 atom stereocenters. The van der Waals surface area contributed by atoms with Gasteiger partial charge in [-0.2, -0.15) is 0 Å². The van der Waals surface area contributed by atoms with Gasteiger partial charge in [0.2, 0.25) is 0 Å². The smallest absolute Gasteiger partial charge is 0.339 e. The first-order valence-electron chi connectivity index (χ1n) is 7.95. The average molecular weight is 347 g/mol. The number of amides is 1. The number of nitrogens with zero attached hydrogens (tertiary/aromatic N) is 1. The lowest BCUT2D eigenvalue weighted by atomic mass is 10.3. The summed E-state index contributed by atoms with van der Waals surface area (Å²) in [6, 6.07) is 8.85. The zero-order chi connectivity index (χ0) is 17.8. The van der Waals surface area contributed by atoms with Gasteiger partial charge in [0.25, 0.3) is 5.91 Å². The van der Waals surface area contributed by atoms with Crippen molar-refractivity contribution in [2.45, 2.75) is 19.4 Å². The molecule has 2 heterocycles. The molecule has 1 aliphatic rings. The molecule has 3 rings (SSSR count). The van der Waals surface area contributed by atoms with Crippen LogP contribution in [0, 0.1) is 12.7 Å². The quantitative estimate of drug-likeness (QED) is 0.829. The lowest BCUT2D eigenvalue weighted by molar-refractivity contribution is -0.132. The van der Waals surface area contributed by atoms with Crippen molar-refractivity contribution in [2.24, 2.45) is 0 Å². The van der Waals surface area contributed by atoms with Crippen LogP contribution in [-0.4, -0.2) is 36.6 Å². The number of halogens is 1. The van der Waals surface area contributed by atoms with Gasteiger partial charge < -0.3 is 18.8 Å². The maximum absolute atomic E-state index is 13.5. The number of hydrogen-bond acceptors (Lipinski definition) is 5. The Morgan fingerprint density at radius 3 is 2.92 bits per heavy atom. The maximum Gasteiger partial charge on any atom is 0.339 e. The van der Waals surface area contributed by atoms with E-state index >= 15 is 0 Å². The molecule has 7 heteroatoms. The first kappa shape index (κ1) is 17.0. The zero-order valence-corrected chi connectivity index (χ0v) is 13.7. The number of carbonyl (C=O) groups excluding carboxylic acids is 1. The molecular weight excluding hydrogens is 329 g/mol. The van der Waals surface area contributed by atoms with Crippen molar-refractivity contribution >= 4 is 5.91 Å². The molecule has 0 N–H and O–H groups in total. The summed E-state index contributed by atoms with van der Waals surface area (Å²) in [5.74, 6) is 0.200. The summed E-state index contributed by atoms with van der Waals surface area (Å²) in [5, 5.41) is 0. The Labute approximate surface area is 143 Å². The summed E-state index contributed by atoms with van der Waals surface area (Å²) in [7, 11) is 0. The van der Waals surface area contributed by atoms with Gasteiger partial charge in [0, 0.05) is 19.0 Å². The van der Waals surface area contributed by atoms with Crippen LogP contribution < -0.4 is 15.1 Å². The van der Waals surface area contributed by atoms with Gasteiger partial charge in [0.05, 0.1) is 12.6 Å². The van der Waals surface area contributed by atoms with Gasteiger partial charge in [-0.15, -0.1) is 0 Å². The van der Waals surface area contributed by atoms with Crippen LogP contribution in [0.4, 0.5) is 4.39 Å². The minimum Gasteiger partial charge on any atom is -0.488 e. The average Bonchev–Trinajstić information content (AvgIpc) is 3.01. The summed E-state index contributed by atoms with van der Waals surface area (Å²) in [4.78, 5) is 25.1. The molecule has 0 spiro atoms. The second-order valence-electron chi connectivity index (χ2n) is 5.81. The van der Waals surface area contributed by atoms with Crippen LogP contribution in [0.3, 0.4) is 0 Å². The molecule has 6 nitrogen and oxygen atoms in total. The summed E-state index contributed by atoms with van der Waals surface area (Å²) in [6.45, 7) is 2.34. The number of likely N-dealkylation sites (tertiary alicyclic amines) is 1. The van der Waals surface area contributed by atoms with E-state index in [0.29, 0.717) is 31.0 Å². The van der Waals surface area contributed by atoms with Gasteiger partial charge in [0.1, 0.15) is 17.6 Å². The Morgan fingerprint density at radius 2 is 2.16 bits per heavy atom. The Kier molecular flexibility index (Phi) is 5.02. The molecule has 2 aromatic rings. The highest BCUT2D eigenvalue weighted by molar-refractivity contribution is 5.78. The molecule has 0 saturated carbocycles. The molecule has 1 amide bonds. The lowest BCUT2D eigenvalue weighted by Crippen LogP contribution is -2.34. The van der Waals surface area contributed by atoms with Crippen molar-refractivity contribution in [3.8, 4) is 11.5 Å². The molecule has 1 fully saturated rings. The summed E-state index contributed by atoms with van der Waals surface area (Å²) >= 11 is 0. The first-order valence-corrected chi connectivity index (χ1v) is 7.95. The molecule has 1 aliphatic heterocycles. The van der Waals surface area contributed by atoms with Crippen molar-refractivity contribution < 1.29 is 23.1 Å². The Balaban J connectivity index is 1.52. The minimum atomic E-state index is -0.504. The van der Waals surface area contributed by atoms with Gasteiger partial charge in [-0.25, -0.2) is 9.18 Å². The fourth-order valence-corrected chi connectivity index (χ4v) is 2.68. The van der Waals surface area contributed by atoms with E-state index in [2.05, 4.69) is 0 Å². The molecule has 1 saturated heterocycles. The number of carbonyl (C=O) groups is 1. The molecule has 0 bridgehead atoms. The minimum absolute atomic E-state index is 0.0503. The zero-order valence-electron chi connectivity index (χ0n) is 13.7. The third-order valence-electron chi connectivity index (χ3n) is 3.86. The van der Waals surface area contributed by atoms with Gasteiger partial charge in [0.15, 0.2) is 18.2 Å². The van der Waals surface area contributed by atoms with E-state index < -0.39 is 11.4 Å². The molecule has 0 aliphatic carbocycles. The SMILES string of the molecule is Cc1cc(OC2CCN(C(=O)COc3ccccc3F)C2)cc(=O)o1. The molecule has 1 unspecified atom stereocenters. The standard InChI is InChI=1S/C18H18FNO5/c1-12-8-14(9-18(22)24-12)25-13-6-7-20(10-13)17(21)11-23-16-5-3-2-4-15(16)19/h2-5,8-9,13H,6-7,10-11H2,1H3. The summed E-state index contributed by atoms with van der Waals surface area (Å²) in [5.41, 5.74) is -0.473. The van der Waals surface area contributed by atoms with Gasteiger partial charge in [-0.3, -0.25) is 4.79 Å². The van der Waals surface area contributed by atoms with Gasteiger partial charge >= 0.3 is 5.63 Å². The number of benzene rings is 1. The van der Waals surface area contributed by atoms with Crippen LogP contribution in [0.5, 0.6) is 11.5 Å². The second-order valence-corrected chi connectivity index (χ2v) is 5.81. The molecule has 132 valence electrons. The largest absolute Gasteiger partial charge is 0.488 e. The van der Waals surface area contributed by atoms with Crippen LogP contribution in [-0.2, 0) is 4.79 Å². The normalized spacial score (nSPS) is 16.7. The van der Waals surface area contributed by atoms with Crippen molar-refractivity contribution in [2.75, 3.05) is 19.7 Å². The van der Waals surface area contributed by atoms with Crippen molar-refractivity contribution in [1.82, 2.24) is 4.90 Å². The van der Waals surface area contributed by atoms with Crippen molar-refractivity contribution in [3.05, 3.63) is 58.4 Å². The Bertz CT molecular complexity index is 819. The number of ether oxygens (including phenoxy) is 2. The predicted octanol–water partition coefficient (Wildman–Crippen LogP) is 2.15. The molecular formula is C18H18FNO5. The van der Waals surface area contributed by atoms with E-state index in [9.17, 15) is 14.0 Å². The van der Waals surface area contributed by atoms with Crippen molar-refractivity contribution in [3.63, 3.8) is 0 Å². The van der Waals surface area contributed by atoms with Crippen LogP contribution in [0.2, 0.25) is 0 Å².